The molecule has 2 amide bonds. The van der Waals surface area contributed by atoms with Crippen molar-refractivity contribution < 1.29 is 22.7 Å². The van der Waals surface area contributed by atoms with Crippen LogP contribution in [-0.4, -0.2) is 57.1 Å². The van der Waals surface area contributed by atoms with Crippen LogP contribution in [0.3, 0.4) is 0 Å². The highest BCUT2D eigenvalue weighted by molar-refractivity contribution is 7.92. The lowest BCUT2D eigenvalue weighted by Crippen LogP contribution is -2.53. The molecule has 3 aromatic carbocycles. The molecule has 1 N–H and O–H groups in total. The molecule has 0 bridgehead atoms. The topological polar surface area (TPSA) is 96.0 Å². The van der Waals surface area contributed by atoms with E-state index < -0.39 is 16.1 Å². The Labute approximate surface area is 272 Å². The number of amides is 2. The van der Waals surface area contributed by atoms with Gasteiger partial charge >= 0.3 is 0 Å². The molecule has 4 rings (SSSR count). The zero-order chi connectivity index (χ0) is 32.4. The minimum atomic E-state index is -3.67. The summed E-state index contributed by atoms with van der Waals surface area (Å²) in [5.74, 6) is 0.0710. The fourth-order valence-electron chi connectivity index (χ4n) is 5.92. The smallest absolute Gasteiger partial charge is 0.243 e. The number of hydrogen-bond acceptors (Lipinski definition) is 5. The molecule has 1 aliphatic carbocycles. The Morgan fingerprint density at radius 3 is 2.33 bits per heavy atom. The van der Waals surface area contributed by atoms with Crippen LogP contribution in [0, 0.1) is 6.92 Å². The molecule has 0 aromatic heterocycles. The standard InChI is InChI=1S/C35H44ClN3O5S/c1-26-12-10-15-28(22-26)25-38(32(23-27-13-6-4-7-14-27)35(41)37-29-16-8-5-9-17-29)34(40)18-11-21-39(45(3,42)43)30-19-20-33(44-2)31(36)24-30/h4,6-7,10,12-15,19-20,22,24,29,32H,5,8-9,11,16-18,21,23,25H2,1-3H3,(H,37,41)/t32-/m1/s1. The summed E-state index contributed by atoms with van der Waals surface area (Å²) in [5.41, 5.74) is 3.34. The molecule has 1 atom stereocenters. The number of carbonyl (C=O) groups excluding carboxylic acids is 2. The van der Waals surface area contributed by atoms with Crippen LogP contribution in [0.15, 0.2) is 72.8 Å². The number of benzene rings is 3. The summed E-state index contributed by atoms with van der Waals surface area (Å²) >= 11 is 6.29. The van der Waals surface area contributed by atoms with Crippen molar-refractivity contribution in [3.8, 4) is 5.75 Å². The number of ether oxygens (including phenoxy) is 1. The van der Waals surface area contributed by atoms with Gasteiger partial charge in [-0.05, 0) is 55.5 Å². The van der Waals surface area contributed by atoms with Gasteiger partial charge in [0.1, 0.15) is 11.8 Å². The first-order chi connectivity index (χ1) is 21.5. The second kappa shape index (κ2) is 16.1. The molecule has 1 fully saturated rings. The number of methoxy groups -OCH3 is 1. The van der Waals surface area contributed by atoms with Crippen LogP contribution in [0.25, 0.3) is 0 Å². The molecule has 0 aliphatic heterocycles. The van der Waals surface area contributed by atoms with E-state index in [0.717, 1.165) is 48.6 Å². The first-order valence-corrected chi connectivity index (χ1v) is 17.8. The molecule has 0 radical (unpaired) electrons. The molecule has 3 aromatic rings. The number of sulfonamides is 1. The van der Waals surface area contributed by atoms with Crippen molar-refractivity contribution in [3.63, 3.8) is 0 Å². The van der Waals surface area contributed by atoms with E-state index in [1.807, 2.05) is 61.5 Å². The fraction of sp³-hybridized carbons (Fsp3) is 0.429. The van der Waals surface area contributed by atoms with Crippen molar-refractivity contribution in [1.29, 1.82) is 0 Å². The molecule has 1 aliphatic rings. The van der Waals surface area contributed by atoms with Gasteiger partial charge in [0.25, 0.3) is 0 Å². The van der Waals surface area contributed by atoms with Crippen molar-refractivity contribution in [1.82, 2.24) is 10.2 Å². The molecule has 0 saturated heterocycles. The van der Waals surface area contributed by atoms with Crippen LogP contribution in [0.4, 0.5) is 5.69 Å². The number of rotatable bonds is 14. The third-order valence-electron chi connectivity index (χ3n) is 8.23. The number of nitrogens with zero attached hydrogens (tertiary/aromatic N) is 2. The van der Waals surface area contributed by atoms with Crippen molar-refractivity contribution in [2.24, 2.45) is 0 Å². The van der Waals surface area contributed by atoms with E-state index >= 15 is 0 Å². The highest BCUT2D eigenvalue weighted by atomic mass is 35.5. The van der Waals surface area contributed by atoms with Crippen molar-refractivity contribution >= 4 is 39.1 Å². The van der Waals surface area contributed by atoms with Crippen molar-refractivity contribution in [2.45, 2.75) is 76.9 Å². The number of anilines is 1. The van der Waals surface area contributed by atoms with E-state index in [0.29, 0.717) is 17.9 Å². The van der Waals surface area contributed by atoms with Crippen molar-refractivity contribution in [3.05, 3.63) is 94.5 Å². The highest BCUT2D eigenvalue weighted by Gasteiger charge is 2.32. The highest BCUT2D eigenvalue weighted by Crippen LogP contribution is 2.30. The Balaban J connectivity index is 1.59. The lowest BCUT2D eigenvalue weighted by molar-refractivity contribution is -0.141. The molecular weight excluding hydrogens is 610 g/mol. The SMILES string of the molecule is COc1ccc(N(CCCC(=O)N(Cc2cccc(C)c2)[C@H](Cc2ccccc2)C(=O)NC2CCCCC2)S(C)(=O)=O)cc1Cl. The van der Waals surface area contributed by atoms with Crippen LogP contribution in [-0.2, 0) is 32.6 Å². The van der Waals surface area contributed by atoms with Gasteiger partial charge in [-0.3, -0.25) is 13.9 Å². The minimum absolute atomic E-state index is 0.0592. The largest absolute Gasteiger partial charge is 0.495 e. The summed E-state index contributed by atoms with van der Waals surface area (Å²) in [7, 11) is -2.18. The predicted molar refractivity (Wildman–Crippen MR) is 180 cm³/mol. The number of carbonyl (C=O) groups is 2. The van der Waals surface area contributed by atoms with E-state index in [-0.39, 0.29) is 48.8 Å². The van der Waals surface area contributed by atoms with Crippen LogP contribution in [0.2, 0.25) is 5.02 Å². The van der Waals surface area contributed by atoms with Crippen LogP contribution >= 0.6 is 11.6 Å². The lowest BCUT2D eigenvalue weighted by atomic mass is 9.94. The summed E-state index contributed by atoms with van der Waals surface area (Å²) in [5, 5.41) is 3.55. The maximum absolute atomic E-state index is 14.1. The fourth-order valence-corrected chi connectivity index (χ4v) is 7.13. The van der Waals surface area contributed by atoms with Gasteiger partial charge in [-0.2, -0.15) is 0 Å². The van der Waals surface area contributed by atoms with E-state index in [4.69, 9.17) is 16.3 Å². The molecule has 8 nitrogen and oxygen atoms in total. The molecule has 242 valence electrons. The maximum Gasteiger partial charge on any atom is 0.243 e. The summed E-state index contributed by atoms with van der Waals surface area (Å²) < 4.78 is 32.0. The number of hydrogen-bond donors (Lipinski definition) is 1. The Bertz CT molecular complexity index is 1540. The van der Waals surface area contributed by atoms with E-state index in [1.54, 1.807) is 23.1 Å². The molecule has 0 unspecified atom stereocenters. The Hall–Kier alpha value is -3.56. The van der Waals surface area contributed by atoms with Gasteiger partial charge < -0.3 is 15.0 Å². The Morgan fingerprint density at radius 2 is 1.69 bits per heavy atom. The number of aryl methyl sites for hydroxylation is 1. The van der Waals surface area contributed by atoms with Gasteiger partial charge in [0.05, 0.1) is 24.1 Å². The number of halogens is 1. The summed E-state index contributed by atoms with van der Waals surface area (Å²) in [6, 6.07) is 21.8. The monoisotopic (exact) mass is 653 g/mol. The lowest BCUT2D eigenvalue weighted by Gasteiger charge is -2.34. The van der Waals surface area contributed by atoms with Crippen LogP contribution in [0.5, 0.6) is 5.75 Å². The molecular formula is C35H44ClN3O5S. The summed E-state index contributed by atoms with van der Waals surface area (Å²) in [6.07, 6.45) is 7.02. The summed E-state index contributed by atoms with van der Waals surface area (Å²) in [4.78, 5) is 29.8. The second-order valence-electron chi connectivity index (χ2n) is 11.8. The van der Waals surface area contributed by atoms with E-state index in [1.165, 1.54) is 17.8 Å². The zero-order valence-corrected chi connectivity index (χ0v) is 27.9. The first kappa shape index (κ1) is 34.3. The third kappa shape index (κ3) is 9.96. The van der Waals surface area contributed by atoms with Gasteiger partial charge in [-0.1, -0.05) is 91.0 Å². The van der Waals surface area contributed by atoms with Gasteiger partial charge in [-0.25, -0.2) is 8.42 Å². The van der Waals surface area contributed by atoms with E-state index in [9.17, 15) is 18.0 Å². The van der Waals surface area contributed by atoms with Gasteiger partial charge in [-0.15, -0.1) is 0 Å². The van der Waals surface area contributed by atoms with Crippen molar-refractivity contribution in [2.75, 3.05) is 24.2 Å². The van der Waals surface area contributed by atoms with Gasteiger partial charge in [0, 0.05) is 32.0 Å². The second-order valence-corrected chi connectivity index (χ2v) is 14.1. The normalized spacial score (nSPS) is 14.4. The zero-order valence-electron chi connectivity index (χ0n) is 26.4. The molecule has 10 heteroatoms. The first-order valence-electron chi connectivity index (χ1n) is 15.6. The molecule has 0 spiro atoms. The summed E-state index contributed by atoms with van der Waals surface area (Å²) in [6.45, 7) is 2.33. The van der Waals surface area contributed by atoms with Crippen LogP contribution < -0.4 is 14.4 Å². The molecule has 0 heterocycles. The molecule has 1 saturated carbocycles. The van der Waals surface area contributed by atoms with Gasteiger partial charge in [0.15, 0.2) is 0 Å². The quantitative estimate of drug-likeness (QED) is 0.221. The minimum Gasteiger partial charge on any atom is -0.495 e. The van der Waals surface area contributed by atoms with Gasteiger partial charge in [0.2, 0.25) is 21.8 Å². The maximum atomic E-state index is 14.1. The van der Waals surface area contributed by atoms with E-state index in [2.05, 4.69) is 5.32 Å². The number of nitrogens with one attached hydrogen (secondary N) is 1. The molecule has 45 heavy (non-hydrogen) atoms. The predicted octanol–water partition coefficient (Wildman–Crippen LogP) is 6.29. The average Bonchev–Trinajstić information content (AvgIpc) is 3.01. The third-order valence-corrected chi connectivity index (χ3v) is 9.72. The Morgan fingerprint density at radius 1 is 0.978 bits per heavy atom. The Kier molecular flexibility index (Phi) is 12.3. The average molecular weight is 654 g/mol. The van der Waals surface area contributed by atoms with Crippen LogP contribution in [0.1, 0.15) is 61.6 Å².